The summed E-state index contributed by atoms with van der Waals surface area (Å²) in [7, 11) is 1.80. The van der Waals surface area contributed by atoms with E-state index in [1.807, 2.05) is 0 Å². The predicted octanol–water partition coefficient (Wildman–Crippen LogP) is 3.46. The van der Waals surface area contributed by atoms with E-state index in [2.05, 4.69) is 5.32 Å². The highest BCUT2D eigenvalue weighted by atomic mass is 35.5. The monoisotopic (exact) mass is 211 g/mol. The van der Waals surface area contributed by atoms with E-state index in [9.17, 15) is 0 Å². The minimum absolute atomic E-state index is 0. The molecule has 0 amide bonds. The van der Waals surface area contributed by atoms with Gasteiger partial charge >= 0.3 is 0 Å². The molecule has 0 saturated heterocycles. The van der Waals surface area contributed by atoms with E-state index >= 15 is 0 Å². The molecule has 1 rings (SSSR count). The van der Waals surface area contributed by atoms with E-state index in [4.69, 9.17) is 23.2 Å². The SMILES string of the molecule is CNc1cc(Cl)ccc1Cl.Cl. The Balaban J connectivity index is 0.000001000. The van der Waals surface area contributed by atoms with Crippen molar-refractivity contribution in [3.8, 4) is 0 Å². The van der Waals surface area contributed by atoms with E-state index in [0.717, 1.165) is 5.69 Å². The van der Waals surface area contributed by atoms with Crippen LogP contribution < -0.4 is 5.32 Å². The molecule has 0 aliphatic heterocycles. The smallest absolute Gasteiger partial charge is 0.0638 e. The van der Waals surface area contributed by atoms with Gasteiger partial charge in [-0.1, -0.05) is 23.2 Å². The van der Waals surface area contributed by atoms with Gasteiger partial charge in [-0.05, 0) is 18.2 Å². The van der Waals surface area contributed by atoms with E-state index in [1.54, 1.807) is 25.2 Å². The zero-order valence-corrected chi connectivity index (χ0v) is 8.22. The summed E-state index contributed by atoms with van der Waals surface area (Å²) in [5.41, 5.74) is 0.856. The normalized spacial score (nSPS) is 8.64. The molecule has 0 aliphatic rings. The second-order valence-corrected chi connectivity index (χ2v) is 2.72. The molecular weight excluding hydrogens is 204 g/mol. The number of benzene rings is 1. The molecule has 0 saturated carbocycles. The molecule has 0 unspecified atom stereocenters. The second-order valence-electron chi connectivity index (χ2n) is 1.87. The summed E-state index contributed by atoms with van der Waals surface area (Å²) in [4.78, 5) is 0. The van der Waals surface area contributed by atoms with Crippen LogP contribution in [0, 0.1) is 0 Å². The Morgan fingerprint density at radius 2 is 1.91 bits per heavy atom. The third kappa shape index (κ3) is 2.78. The van der Waals surface area contributed by atoms with E-state index in [-0.39, 0.29) is 12.4 Å². The van der Waals surface area contributed by atoms with Crippen molar-refractivity contribution < 1.29 is 0 Å². The summed E-state index contributed by atoms with van der Waals surface area (Å²) in [5.74, 6) is 0. The highest BCUT2D eigenvalue weighted by Gasteiger charge is 1.96. The Morgan fingerprint density at radius 3 is 2.36 bits per heavy atom. The number of anilines is 1. The number of nitrogens with one attached hydrogen (secondary N) is 1. The van der Waals surface area contributed by atoms with Crippen LogP contribution in [0.5, 0.6) is 0 Å². The van der Waals surface area contributed by atoms with Gasteiger partial charge in [0.05, 0.1) is 10.7 Å². The van der Waals surface area contributed by atoms with Gasteiger partial charge in [0.2, 0.25) is 0 Å². The molecule has 0 aliphatic carbocycles. The fourth-order valence-corrected chi connectivity index (χ4v) is 1.07. The summed E-state index contributed by atoms with van der Waals surface area (Å²) in [5, 5.41) is 4.30. The summed E-state index contributed by atoms with van der Waals surface area (Å²) in [6.45, 7) is 0. The molecule has 0 heterocycles. The van der Waals surface area contributed by atoms with Crippen LogP contribution in [0.25, 0.3) is 0 Å². The third-order valence-corrected chi connectivity index (χ3v) is 1.76. The van der Waals surface area contributed by atoms with Crippen LogP contribution in [-0.2, 0) is 0 Å². The molecule has 1 N–H and O–H groups in total. The van der Waals surface area contributed by atoms with Gasteiger partial charge in [0.15, 0.2) is 0 Å². The molecule has 1 nitrogen and oxygen atoms in total. The molecule has 4 heteroatoms. The van der Waals surface area contributed by atoms with Gasteiger partial charge in [-0.25, -0.2) is 0 Å². The third-order valence-electron chi connectivity index (χ3n) is 1.20. The van der Waals surface area contributed by atoms with Crippen LogP contribution in [0.4, 0.5) is 5.69 Å². The maximum atomic E-state index is 5.78. The maximum Gasteiger partial charge on any atom is 0.0638 e. The Bertz CT molecular complexity index is 237. The first kappa shape index (κ1) is 10.9. The van der Waals surface area contributed by atoms with Crippen LogP contribution in [0.15, 0.2) is 18.2 Å². The van der Waals surface area contributed by atoms with Crippen LogP contribution in [0.2, 0.25) is 10.0 Å². The zero-order chi connectivity index (χ0) is 7.56. The molecular formula is C7H8Cl3N. The number of rotatable bonds is 1. The van der Waals surface area contributed by atoms with Gasteiger partial charge in [-0.2, -0.15) is 0 Å². The van der Waals surface area contributed by atoms with E-state index < -0.39 is 0 Å². The first-order valence-electron chi connectivity index (χ1n) is 2.87. The Morgan fingerprint density at radius 1 is 1.27 bits per heavy atom. The van der Waals surface area contributed by atoms with Crippen molar-refractivity contribution in [2.45, 2.75) is 0 Å². The molecule has 0 aromatic heterocycles. The van der Waals surface area contributed by atoms with Gasteiger partial charge in [0.1, 0.15) is 0 Å². The summed E-state index contributed by atoms with van der Waals surface area (Å²) in [6.07, 6.45) is 0. The highest BCUT2D eigenvalue weighted by Crippen LogP contribution is 2.24. The van der Waals surface area contributed by atoms with Crippen molar-refractivity contribution in [1.82, 2.24) is 0 Å². The predicted molar refractivity (Wildman–Crippen MR) is 53.3 cm³/mol. The maximum absolute atomic E-state index is 5.78. The largest absolute Gasteiger partial charge is 0.387 e. The van der Waals surface area contributed by atoms with Gasteiger partial charge in [-0.15, -0.1) is 12.4 Å². The standard InChI is InChI=1S/C7H7Cl2N.ClH/c1-10-7-4-5(8)2-3-6(7)9;/h2-4,10H,1H3;1H. The summed E-state index contributed by atoms with van der Waals surface area (Å²) >= 11 is 11.5. The van der Waals surface area contributed by atoms with Gasteiger partial charge in [0.25, 0.3) is 0 Å². The first-order chi connectivity index (χ1) is 4.74. The molecule has 0 radical (unpaired) electrons. The number of hydrogen-bond donors (Lipinski definition) is 1. The minimum Gasteiger partial charge on any atom is -0.387 e. The minimum atomic E-state index is 0. The van der Waals surface area contributed by atoms with Crippen molar-refractivity contribution in [3.05, 3.63) is 28.2 Å². The van der Waals surface area contributed by atoms with Crippen molar-refractivity contribution >= 4 is 41.3 Å². The number of hydrogen-bond acceptors (Lipinski definition) is 1. The quantitative estimate of drug-likeness (QED) is 0.752. The van der Waals surface area contributed by atoms with Crippen LogP contribution >= 0.6 is 35.6 Å². The Hall–Kier alpha value is -0.110. The van der Waals surface area contributed by atoms with Gasteiger partial charge in [0, 0.05) is 12.1 Å². The van der Waals surface area contributed by atoms with Gasteiger partial charge in [-0.3, -0.25) is 0 Å². The fraction of sp³-hybridized carbons (Fsp3) is 0.143. The lowest BCUT2D eigenvalue weighted by molar-refractivity contribution is 1.51. The average molecular weight is 213 g/mol. The van der Waals surface area contributed by atoms with Crippen molar-refractivity contribution in [1.29, 1.82) is 0 Å². The molecule has 1 aromatic carbocycles. The van der Waals surface area contributed by atoms with Crippen molar-refractivity contribution in [2.24, 2.45) is 0 Å². The van der Waals surface area contributed by atoms with E-state index in [0.29, 0.717) is 10.0 Å². The summed E-state index contributed by atoms with van der Waals surface area (Å²) < 4.78 is 0. The molecule has 11 heavy (non-hydrogen) atoms. The lowest BCUT2D eigenvalue weighted by atomic mass is 10.3. The molecule has 1 aromatic rings. The summed E-state index contributed by atoms with van der Waals surface area (Å²) in [6, 6.07) is 5.30. The van der Waals surface area contributed by atoms with Crippen LogP contribution in [-0.4, -0.2) is 7.05 Å². The highest BCUT2D eigenvalue weighted by molar-refractivity contribution is 6.35. The number of halogens is 3. The zero-order valence-electron chi connectivity index (χ0n) is 5.90. The molecule has 62 valence electrons. The molecule has 0 atom stereocenters. The Labute approximate surface area is 82.1 Å². The lowest BCUT2D eigenvalue weighted by Crippen LogP contribution is -1.87. The molecule has 0 fully saturated rings. The topological polar surface area (TPSA) is 12.0 Å². The second kappa shape index (κ2) is 4.70. The molecule has 0 spiro atoms. The lowest BCUT2D eigenvalue weighted by Gasteiger charge is -2.01. The Kier molecular flexibility index (Phi) is 4.66. The van der Waals surface area contributed by atoms with Crippen molar-refractivity contribution in [3.63, 3.8) is 0 Å². The molecule has 0 bridgehead atoms. The van der Waals surface area contributed by atoms with Crippen molar-refractivity contribution in [2.75, 3.05) is 12.4 Å². The fourth-order valence-electron chi connectivity index (χ4n) is 0.689. The average Bonchev–Trinajstić information content (AvgIpc) is 1.94. The van der Waals surface area contributed by atoms with Gasteiger partial charge < -0.3 is 5.32 Å². The van der Waals surface area contributed by atoms with Crippen LogP contribution in [0.1, 0.15) is 0 Å². The van der Waals surface area contributed by atoms with E-state index in [1.165, 1.54) is 0 Å². The first-order valence-corrected chi connectivity index (χ1v) is 3.62. The van der Waals surface area contributed by atoms with Crippen LogP contribution in [0.3, 0.4) is 0 Å².